The smallest absolute Gasteiger partial charge is 0.207 e. The highest BCUT2D eigenvalue weighted by Gasteiger charge is 2.32. The minimum Gasteiger partial charge on any atom is -0.207 e. The van der Waals surface area contributed by atoms with Gasteiger partial charge in [0.2, 0.25) is 10.0 Å². The Bertz CT molecular complexity index is 507. The molecular weight excluding hydrogens is 258 g/mol. The molecule has 1 aliphatic heterocycles. The van der Waals surface area contributed by atoms with Gasteiger partial charge in [-0.3, -0.25) is 0 Å². The zero-order valence-electron chi connectivity index (χ0n) is 11.8. The fourth-order valence-electron chi connectivity index (χ4n) is 2.73. The largest absolute Gasteiger partial charge is 0.243 e. The average Bonchev–Trinajstić information content (AvgIpc) is 2.47. The number of rotatable bonds is 4. The highest BCUT2D eigenvalue weighted by Crippen LogP contribution is 2.27. The first-order valence-electron chi connectivity index (χ1n) is 7.20. The van der Waals surface area contributed by atoms with Gasteiger partial charge in [0.25, 0.3) is 0 Å². The van der Waals surface area contributed by atoms with Gasteiger partial charge < -0.3 is 0 Å². The van der Waals surface area contributed by atoms with Crippen LogP contribution in [0, 0.1) is 0 Å². The molecule has 1 heterocycles. The van der Waals surface area contributed by atoms with Gasteiger partial charge >= 0.3 is 0 Å². The molecule has 1 fully saturated rings. The number of hydrogen-bond acceptors (Lipinski definition) is 2. The summed E-state index contributed by atoms with van der Waals surface area (Å²) in [7, 11) is -3.31. The van der Waals surface area contributed by atoms with Crippen molar-refractivity contribution in [3.63, 3.8) is 0 Å². The second-order valence-electron chi connectivity index (χ2n) is 5.17. The lowest BCUT2D eigenvalue weighted by molar-refractivity contribution is 0.246. The zero-order chi connectivity index (χ0) is 13.9. The van der Waals surface area contributed by atoms with Gasteiger partial charge in [0.05, 0.1) is 4.90 Å². The Morgan fingerprint density at radius 2 is 1.84 bits per heavy atom. The van der Waals surface area contributed by atoms with Gasteiger partial charge in [-0.2, -0.15) is 4.31 Å². The summed E-state index contributed by atoms with van der Waals surface area (Å²) in [6.45, 7) is 4.80. The molecule has 0 aliphatic carbocycles. The Morgan fingerprint density at radius 3 is 2.42 bits per heavy atom. The van der Waals surface area contributed by atoms with Crippen LogP contribution >= 0.6 is 0 Å². The molecule has 1 atom stereocenters. The van der Waals surface area contributed by atoms with E-state index in [1.807, 2.05) is 12.1 Å². The van der Waals surface area contributed by atoms with E-state index in [9.17, 15) is 8.42 Å². The third-order valence-corrected chi connectivity index (χ3v) is 5.95. The summed E-state index contributed by atoms with van der Waals surface area (Å²) in [4.78, 5) is 0.435. The number of benzene rings is 1. The van der Waals surface area contributed by atoms with E-state index >= 15 is 0 Å². The Labute approximate surface area is 116 Å². The molecule has 1 unspecified atom stereocenters. The lowest BCUT2D eigenvalue weighted by Gasteiger charge is -2.34. The molecule has 4 heteroatoms. The first-order chi connectivity index (χ1) is 9.09. The Hall–Kier alpha value is -0.870. The monoisotopic (exact) mass is 281 g/mol. The molecule has 1 aromatic carbocycles. The fourth-order valence-corrected chi connectivity index (χ4v) is 4.50. The Balaban J connectivity index is 2.29. The van der Waals surface area contributed by atoms with Crippen LogP contribution in [0.4, 0.5) is 0 Å². The fraction of sp³-hybridized carbons (Fsp3) is 0.600. The highest BCUT2D eigenvalue weighted by molar-refractivity contribution is 7.89. The summed E-state index contributed by atoms with van der Waals surface area (Å²) in [6.07, 6.45) is 4.93. The second kappa shape index (κ2) is 6.06. The Kier molecular flexibility index (Phi) is 4.63. The van der Waals surface area contributed by atoms with Crippen molar-refractivity contribution in [1.29, 1.82) is 0 Å². The van der Waals surface area contributed by atoms with Crippen LogP contribution < -0.4 is 0 Å². The topological polar surface area (TPSA) is 37.4 Å². The van der Waals surface area contributed by atoms with Crippen molar-refractivity contribution in [1.82, 2.24) is 4.31 Å². The van der Waals surface area contributed by atoms with Gasteiger partial charge in [-0.1, -0.05) is 32.4 Å². The van der Waals surface area contributed by atoms with Crippen molar-refractivity contribution in [2.24, 2.45) is 0 Å². The Morgan fingerprint density at radius 1 is 1.16 bits per heavy atom. The van der Waals surface area contributed by atoms with Crippen LogP contribution in [0.2, 0.25) is 0 Å². The van der Waals surface area contributed by atoms with E-state index in [0.717, 1.165) is 32.1 Å². The molecular formula is C15H23NO2S. The number of sulfonamides is 1. The molecule has 106 valence electrons. The van der Waals surface area contributed by atoms with Gasteiger partial charge in [-0.15, -0.1) is 0 Å². The molecule has 1 aromatic rings. The van der Waals surface area contributed by atoms with Gasteiger partial charge in [0.1, 0.15) is 0 Å². The number of aryl methyl sites for hydroxylation is 1. The van der Waals surface area contributed by atoms with Crippen LogP contribution in [-0.4, -0.2) is 25.3 Å². The van der Waals surface area contributed by atoms with Crippen molar-refractivity contribution in [2.45, 2.75) is 56.9 Å². The molecule has 1 saturated heterocycles. The maximum absolute atomic E-state index is 12.7. The van der Waals surface area contributed by atoms with Crippen molar-refractivity contribution < 1.29 is 8.42 Å². The lowest BCUT2D eigenvalue weighted by Crippen LogP contribution is -2.43. The lowest BCUT2D eigenvalue weighted by atomic mass is 10.0. The molecule has 19 heavy (non-hydrogen) atoms. The standard InChI is InChI=1S/C15H23NO2S/c1-3-13-8-10-15(11-9-13)19(17,18)16-12-6-5-7-14(16)4-2/h8-11,14H,3-7,12H2,1-2H3. The average molecular weight is 281 g/mol. The van der Waals surface area contributed by atoms with Gasteiger partial charge in [0.15, 0.2) is 0 Å². The molecule has 0 N–H and O–H groups in total. The molecule has 0 radical (unpaired) electrons. The van der Waals surface area contributed by atoms with Crippen LogP contribution in [0.1, 0.15) is 45.1 Å². The van der Waals surface area contributed by atoms with Crippen molar-refractivity contribution in [3.05, 3.63) is 29.8 Å². The van der Waals surface area contributed by atoms with E-state index in [4.69, 9.17) is 0 Å². The SMILES string of the molecule is CCc1ccc(S(=O)(=O)N2CCCCC2CC)cc1. The van der Waals surface area contributed by atoms with Gasteiger partial charge in [-0.25, -0.2) is 8.42 Å². The number of hydrogen-bond donors (Lipinski definition) is 0. The maximum atomic E-state index is 12.7. The van der Waals surface area contributed by atoms with Crippen molar-refractivity contribution >= 4 is 10.0 Å². The molecule has 0 saturated carbocycles. The summed E-state index contributed by atoms with van der Waals surface area (Å²) in [5.74, 6) is 0. The predicted octanol–water partition coefficient (Wildman–Crippen LogP) is 3.20. The summed E-state index contributed by atoms with van der Waals surface area (Å²) in [5.41, 5.74) is 1.17. The molecule has 3 nitrogen and oxygen atoms in total. The normalized spacial score (nSPS) is 21.5. The van der Waals surface area contributed by atoms with E-state index in [1.54, 1.807) is 16.4 Å². The van der Waals surface area contributed by atoms with Crippen LogP contribution in [0.5, 0.6) is 0 Å². The third-order valence-electron chi connectivity index (χ3n) is 3.98. The minimum atomic E-state index is -3.31. The molecule has 0 aromatic heterocycles. The summed E-state index contributed by atoms with van der Waals surface area (Å²) in [6, 6.07) is 7.49. The number of nitrogens with zero attached hydrogens (tertiary/aromatic N) is 1. The highest BCUT2D eigenvalue weighted by atomic mass is 32.2. The third kappa shape index (κ3) is 3.00. The van der Waals surface area contributed by atoms with E-state index in [-0.39, 0.29) is 6.04 Å². The quantitative estimate of drug-likeness (QED) is 0.850. The molecule has 0 amide bonds. The van der Waals surface area contributed by atoms with Crippen molar-refractivity contribution in [3.8, 4) is 0 Å². The van der Waals surface area contributed by atoms with Crippen LogP contribution in [0.25, 0.3) is 0 Å². The first-order valence-corrected chi connectivity index (χ1v) is 8.64. The number of piperidine rings is 1. The molecule has 0 spiro atoms. The van der Waals surface area contributed by atoms with E-state index in [0.29, 0.717) is 11.4 Å². The summed E-state index contributed by atoms with van der Waals surface area (Å²) < 4.78 is 27.1. The van der Waals surface area contributed by atoms with Crippen molar-refractivity contribution in [2.75, 3.05) is 6.54 Å². The minimum absolute atomic E-state index is 0.171. The van der Waals surface area contributed by atoms with E-state index in [2.05, 4.69) is 13.8 Å². The molecule has 1 aliphatic rings. The summed E-state index contributed by atoms with van der Waals surface area (Å²) in [5, 5.41) is 0. The molecule has 2 rings (SSSR count). The first kappa shape index (κ1) is 14.5. The zero-order valence-corrected chi connectivity index (χ0v) is 12.6. The van der Waals surface area contributed by atoms with E-state index in [1.165, 1.54) is 5.56 Å². The van der Waals surface area contributed by atoms with Crippen LogP contribution in [0.3, 0.4) is 0 Å². The van der Waals surface area contributed by atoms with Crippen LogP contribution in [-0.2, 0) is 16.4 Å². The van der Waals surface area contributed by atoms with Crippen LogP contribution in [0.15, 0.2) is 29.2 Å². The predicted molar refractivity (Wildman–Crippen MR) is 77.6 cm³/mol. The molecule has 0 bridgehead atoms. The summed E-state index contributed by atoms with van der Waals surface area (Å²) >= 11 is 0. The van der Waals surface area contributed by atoms with Gasteiger partial charge in [-0.05, 0) is 43.4 Å². The second-order valence-corrected chi connectivity index (χ2v) is 7.06. The van der Waals surface area contributed by atoms with Gasteiger partial charge in [0, 0.05) is 12.6 Å². The maximum Gasteiger partial charge on any atom is 0.243 e. The van der Waals surface area contributed by atoms with E-state index < -0.39 is 10.0 Å².